The number of methoxy groups -OCH3 is 1. The minimum absolute atomic E-state index is 0.269. The number of nitrogens with one attached hydrogen (secondary N) is 1. The molecule has 1 atom stereocenters. The van der Waals surface area contributed by atoms with E-state index >= 15 is 0 Å². The van der Waals surface area contributed by atoms with Gasteiger partial charge in [0.2, 0.25) is 5.95 Å². The Kier molecular flexibility index (Phi) is 7.77. The lowest BCUT2D eigenvalue weighted by molar-refractivity contribution is -0.139. The zero-order valence-electron chi connectivity index (χ0n) is 19.5. The number of aromatic nitrogens is 4. The van der Waals surface area contributed by atoms with Gasteiger partial charge in [0.05, 0.1) is 29.3 Å². The quantitative estimate of drug-likeness (QED) is 0.305. The first-order valence-corrected chi connectivity index (χ1v) is 11.9. The summed E-state index contributed by atoms with van der Waals surface area (Å²) in [6.07, 6.45) is 1.70. The van der Waals surface area contributed by atoms with Crippen molar-refractivity contribution in [3.63, 3.8) is 0 Å². The molecule has 3 aromatic rings. The van der Waals surface area contributed by atoms with Crippen molar-refractivity contribution in [3.8, 4) is 11.5 Å². The lowest BCUT2D eigenvalue weighted by Crippen LogP contribution is -2.30. The van der Waals surface area contributed by atoms with Gasteiger partial charge in [-0.2, -0.15) is 4.68 Å². The summed E-state index contributed by atoms with van der Waals surface area (Å²) in [5.41, 5.74) is 2.64. The van der Waals surface area contributed by atoms with E-state index in [-0.39, 0.29) is 6.61 Å². The van der Waals surface area contributed by atoms with Gasteiger partial charge in [-0.15, -0.1) is 0 Å². The van der Waals surface area contributed by atoms with E-state index in [1.807, 2.05) is 19.1 Å². The lowest BCUT2D eigenvalue weighted by atomic mass is 9.95. The number of ether oxygens (including phenoxy) is 3. The summed E-state index contributed by atoms with van der Waals surface area (Å²) in [6, 6.07) is 10.1. The zero-order valence-corrected chi connectivity index (χ0v) is 21.1. The number of rotatable bonds is 9. The normalized spacial score (nSPS) is 14.8. The molecule has 184 valence electrons. The van der Waals surface area contributed by atoms with Gasteiger partial charge in [0.1, 0.15) is 12.6 Å². The molecule has 0 amide bonds. The maximum atomic E-state index is 13.1. The fraction of sp³-hybridized carbons (Fsp3) is 0.333. The Morgan fingerprint density at radius 3 is 2.71 bits per heavy atom. The van der Waals surface area contributed by atoms with Crippen LogP contribution in [-0.4, -0.2) is 39.9 Å². The Labute approximate surface area is 213 Å². The Morgan fingerprint density at radius 1 is 1.14 bits per heavy atom. The number of allylic oxidation sites excluding steroid dienone is 1. The van der Waals surface area contributed by atoms with Gasteiger partial charge in [0, 0.05) is 5.70 Å². The third-order valence-electron chi connectivity index (χ3n) is 5.55. The van der Waals surface area contributed by atoms with E-state index in [1.165, 1.54) is 0 Å². The first-order valence-electron chi connectivity index (χ1n) is 11.1. The van der Waals surface area contributed by atoms with Crippen molar-refractivity contribution in [2.24, 2.45) is 0 Å². The molecule has 2 aromatic carbocycles. The number of carbonyl (C=O) groups is 1. The average molecular weight is 518 g/mol. The molecule has 1 aromatic heterocycles. The number of anilines is 1. The molecule has 9 nitrogen and oxygen atoms in total. The number of benzene rings is 2. The van der Waals surface area contributed by atoms with Crippen LogP contribution in [0, 0.1) is 0 Å². The van der Waals surface area contributed by atoms with Crippen LogP contribution >= 0.6 is 23.2 Å². The molecular formula is C24H25Cl2N5O4. The van der Waals surface area contributed by atoms with Crippen LogP contribution in [0.15, 0.2) is 47.7 Å². The Balaban J connectivity index is 1.63. The second-order valence-corrected chi connectivity index (χ2v) is 8.76. The number of tetrazole rings is 1. The predicted octanol–water partition coefficient (Wildman–Crippen LogP) is 5.20. The molecule has 0 saturated carbocycles. The van der Waals surface area contributed by atoms with Gasteiger partial charge in [0.25, 0.3) is 0 Å². The third-order valence-corrected chi connectivity index (χ3v) is 6.29. The van der Waals surface area contributed by atoms with Crippen LogP contribution in [-0.2, 0) is 16.1 Å². The monoisotopic (exact) mass is 517 g/mol. The number of hydrogen-bond acceptors (Lipinski definition) is 8. The van der Waals surface area contributed by atoms with E-state index < -0.39 is 12.0 Å². The molecular weight excluding hydrogens is 493 g/mol. The van der Waals surface area contributed by atoms with Crippen LogP contribution in [0.4, 0.5) is 5.95 Å². The standard InChI is InChI=1S/C24H25Cl2N5O4/c1-4-5-10-34-23(32)21-14(2)27-24-28-29-30-31(24)22(21)16-7-9-19(20(12-16)33-3)35-13-15-6-8-17(25)18(26)11-15/h6-9,11-12,22H,4-5,10,13H2,1-3H3,(H,27,28,30). The molecule has 0 spiro atoms. The third kappa shape index (κ3) is 5.36. The molecule has 35 heavy (non-hydrogen) atoms. The number of nitrogens with zero attached hydrogens (tertiary/aromatic N) is 4. The topological polar surface area (TPSA) is 100 Å². The number of halogens is 2. The van der Waals surface area contributed by atoms with Gasteiger partial charge in [-0.25, -0.2) is 4.79 Å². The number of hydrogen-bond donors (Lipinski definition) is 1. The van der Waals surface area contributed by atoms with Crippen LogP contribution in [0.1, 0.15) is 43.9 Å². The van der Waals surface area contributed by atoms with Crippen molar-refractivity contribution in [1.29, 1.82) is 0 Å². The summed E-state index contributed by atoms with van der Waals surface area (Å²) in [6.45, 7) is 4.44. The molecule has 1 N–H and O–H groups in total. The van der Waals surface area contributed by atoms with Crippen molar-refractivity contribution in [2.45, 2.75) is 39.3 Å². The van der Waals surface area contributed by atoms with Gasteiger partial charge in [-0.3, -0.25) is 0 Å². The molecule has 0 bridgehead atoms. The Hall–Kier alpha value is -3.30. The average Bonchev–Trinajstić information content (AvgIpc) is 3.32. The number of esters is 1. The Morgan fingerprint density at radius 2 is 1.97 bits per heavy atom. The predicted molar refractivity (Wildman–Crippen MR) is 132 cm³/mol. The largest absolute Gasteiger partial charge is 0.493 e. The van der Waals surface area contributed by atoms with Crippen molar-refractivity contribution in [2.75, 3.05) is 19.0 Å². The highest BCUT2D eigenvalue weighted by Gasteiger charge is 2.35. The summed E-state index contributed by atoms with van der Waals surface area (Å²) in [7, 11) is 1.55. The summed E-state index contributed by atoms with van der Waals surface area (Å²) in [5, 5.41) is 15.9. The molecule has 4 rings (SSSR count). The van der Waals surface area contributed by atoms with Crippen LogP contribution in [0.25, 0.3) is 0 Å². The van der Waals surface area contributed by atoms with Crippen LogP contribution in [0.3, 0.4) is 0 Å². The zero-order chi connectivity index (χ0) is 24.9. The minimum atomic E-state index is -0.603. The molecule has 0 radical (unpaired) electrons. The maximum absolute atomic E-state index is 13.1. The molecule has 0 saturated heterocycles. The van der Waals surface area contributed by atoms with E-state index in [9.17, 15) is 4.79 Å². The van der Waals surface area contributed by atoms with Crippen LogP contribution in [0.5, 0.6) is 11.5 Å². The fourth-order valence-electron chi connectivity index (χ4n) is 3.74. The van der Waals surface area contributed by atoms with E-state index in [4.69, 9.17) is 37.4 Å². The summed E-state index contributed by atoms with van der Waals surface area (Å²) in [5.74, 6) is 1.03. The van der Waals surface area contributed by atoms with Crippen LogP contribution in [0.2, 0.25) is 10.0 Å². The second kappa shape index (κ2) is 11.0. The second-order valence-electron chi connectivity index (χ2n) is 7.95. The van der Waals surface area contributed by atoms with Gasteiger partial charge in [0.15, 0.2) is 11.5 Å². The van der Waals surface area contributed by atoms with Crippen molar-refractivity contribution in [3.05, 3.63) is 68.8 Å². The smallest absolute Gasteiger partial charge is 0.338 e. The summed E-state index contributed by atoms with van der Waals surface area (Å²) in [4.78, 5) is 13.1. The molecule has 1 aliphatic rings. The van der Waals surface area contributed by atoms with Gasteiger partial charge in [-0.1, -0.05) is 53.8 Å². The van der Waals surface area contributed by atoms with E-state index in [0.717, 1.165) is 24.0 Å². The molecule has 1 unspecified atom stereocenters. The molecule has 0 aliphatic carbocycles. The summed E-state index contributed by atoms with van der Waals surface area (Å²) < 4.78 is 18.7. The van der Waals surface area contributed by atoms with Gasteiger partial charge in [-0.05, 0) is 59.2 Å². The molecule has 2 heterocycles. The summed E-state index contributed by atoms with van der Waals surface area (Å²) >= 11 is 12.1. The minimum Gasteiger partial charge on any atom is -0.493 e. The molecule has 11 heteroatoms. The number of unbranched alkanes of at least 4 members (excludes halogenated alkanes) is 1. The maximum Gasteiger partial charge on any atom is 0.338 e. The van der Waals surface area contributed by atoms with E-state index in [2.05, 4.69) is 20.8 Å². The first-order chi connectivity index (χ1) is 16.9. The van der Waals surface area contributed by atoms with Crippen molar-refractivity contribution >= 4 is 35.1 Å². The lowest BCUT2D eigenvalue weighted by Gasteiger charge is -2.27. The van der Waals surface area contributed by atoms with Crippen LogP contribution < -0.4 is 14.8 Å². The molecule has 0 fully saturated rings. The highest BCUT2D eigenvalue weighted by molar-refractivity contribution is 6.42. The molecule has 1 aliphatic heterocycles. The highest BCUT2D eigenvalue weighted by atomic mass is 35.5. The van der Waals surface area contributed by atoms with Gasteiger partial charge >= 0.3 is 5.97 Å². The fourth-order valence-corrected chi connectivity index (χ4v) is 4.06. The number of fused-ring (bicyclic) bond motifs is 1. The van der Waals surface area contributed by atoms with Crippen molar-refractivity contribution < 1.29 is 19.0 Å². The Bertz CT molecular complexity index is 1260. The SMILES string of the molecule is CCCCOC(=O)C1=C(C)Nc2nnnn2C1c1ccc(OCc2ccc(Cl)c(Cl)c2)c(OC)c1. The van der Waals surface area contributed by atoms with Crippen molar-refractivity contribution in [1.82, 2.24) is 20.2 Å². The van der Waals surface area contributed by atoms with E-state index in [1.54, 1.807) is 43.0 Å². The first kappa shape index (κ1) is 24.8. The van der Waals surface area contributed by atoms with Gasteiger partial charge < -0.3 is 19.5 Å². The number of carbonyl (C=O) groups excluding carboxylic acids is 1. The van der Waals surface area contributed by atoms with E-state index in [0.29, 0.717) is 45.4 Å². The highest BCUT2D eigenvalue weighted by Crippen LogP contribution is 2.39.